The number of halogens is 1. The van der Waals surface area contributed by atoms with Crippen molar-refractivity contribution in [1.29, 1.82) is 0 Å². The number of piperazine rings is 1. The third-order valence-corrected chi connectivity index (χ3v) is 7.30. The zero-order chi connectivity index (χ0) is 20.0. The summed E-state index contributed by atoms with van der Waals surface area (Å²) in [5, 5.41) is 0. The Bertz CT molecular complexity index is 864. The monoisotopic (exact) mass is 394 g/mol. The molecule has 0 radical (unpaired) electrons. The molecule has 5 rings (SSSR count). The third-order valence-electron chi connectivity index (χ3n) is 7.30. The van der Waals surface area contributed by atoms with Crippen LogP contribution < -0.4 is 4.90 Å². The van der Waals surface area contributed by atoms with E-state index in [-0.39, 0.29) is 5.82 Å². The Hall–Kier alpha value is -1.98. The van der Waals surface area contributed by atoms with Gasteiger partial charge in [0.25, 0.3) is 0 Å². The molecule has 0 amide bonds. The molecule has 3 heterocycles. The lowest BCUT2D eigenvalue weighted by molar-refractivity contribution is 0.0204. The van der Waals surface area contributed by atoms with Crippen LogP contribution in [0.3, 0.4) is 0 Å². The van der Waals surface area contributed by atoms with E-state index in [0.717, 1.165) is 49.2 Å². The molecule has 3 fully saturated rings. The van der Waals surface area contributed by atoms with Gasteiger partial charge in [-0.15, -0.1) is 0 Å². The SMILES string of the molecule is Cc1cccc(F)c1-c1cccnc1N1CCN(C2CCC3(C2)CN(C)C3)CC1. The Balaban J connectivity index is 1.30. The first kappa shape index (κ1) is 19.0. The second kappa shape index (κ2) is 7.37. The predicted octanol–water partition coefficient (Wildman–Crippen LogP) is 3.80. The van der Waals surface area contributed by atoms with Crippen molar-refractivity contribution >= 4 is 5.82 Å². The zero-order valence-corrected chi connectivity index (χ0v) is 17.6. The molecule has 29 heavy (non-hydrogen) atoms. The van der Waals surface area contributed by atoms with Gasteiger partial charge in [-0.1, -0.05) is 12.1 Å². The van der Waals surface area contributed by atoms with Crippen molar-refractivity contribution in [2.24, 2.45) is 5.41 Å². The third kappa shape index (κ3) is 3.44. The lowest BCUT2D eigenvalue weighted by Gasteiger charge is -2.47. The highest BCUT2D eigenvalue weighted by Gasteiger charge is 2.48. The van der Waals surface area contributed by atoms with Crippen molar-refractivity contribution in [3.63, 3.8) is 0 Å². The van der Waals surface area contributed by atoms with E-state index < -0.39 is 0 Å². The second-order valence-electron chi connectivity index (χ2n) is 9.40. The smallest absolute Gasteiger partial charge is 0.136 e. The molecule has 1 aromatic carbocycles. The van der Waals surface area contributed by atoms with E-state index in [4.69, 9.17) is 0 Å². The average Bonchev–Trinajstić information content (AvgIpc) is 3.14. The van der Waals surface area contributed by atoms with Crippen molar-refractivity contribution in [2.45, 2.75) is 32.2 Å². The molecule has 154 valence electrons. The summed E-state index contributed by atoms with van der Waals surface area (Å²) in [6.45, 7) is 8.60. The number of pyridine rings is 1. The van der Waals surface area contributed by atoms with Crippen LogP contribution in [0.5, 0.6) is 0 Å². The molecule has 3 aliphatic rings. The van der Waals surface area contributed by atoms with E-state index in [2.05, 4.69) is 26.7 Å². The molecule has 2 aliphatic heterocycles. The van der Waals surface area contributed by atoms with Crippen molar-refractivity contribution in [3.8, 4) is 11.1 Å². The van der Waals surface area contributed by atoms with Crippen molar-refractivity contribution in [2.75, 3.05) is 51.2 Å². The van der Waals surface area contributed by atoms with Gasteiger partial charge >= 0.3 is 0 Å². The Morgan fingerprint density at radius 2 is 1.86 bits per heavy atom. The van der Waals surface area contributed by atoms with Crippen molar-refractivity contribution < 1.29 is 4.39 Å². The summed E-state index contributed by atoms with van der Waals surface area (Å²) in [6, 6.07) is 9.95. The Kier molecular flexibility index (Phi) is 4.83. The number of aromatic nitrogens is 1. The number of rotatable bonds is 3. The Morgan fingerprint density at radius 1 is 1.07 bits per heavy atom. The molecule has 1 saturated carbocycles. The van der Waals surface area contributed by atoms with Gasteiger partial charge in [0.15, 0.2) is 0 Å². The summed E-state index contributed by atoms with van der Waals surface area (Å²) >= 11 is 0. The van der Waals surface area contributed by atoms with Gasteiger partial charge in [-0.3, -0.25) is 4.90 Å². The van der Waals surface area contributed by atoms with Gasteiger partial charge in [-0.05, 0) is 62.4 Å². The van der Waals surface area contributed by atoms with Crippen LogP contribution in [-0.2, 0) is 0 Å². The Labute approximate surface area is 173 Å². The number of aryl methyl sites for hydroxylation is 1. The Morgan fingerprint density at radius 3 is 2.59 bits per heavy atom. The molecule has 0 bridgehead atoms. The maximum Gasteiger partial charge on any atom is 0.136 e. The molecule has 1 aliphatic carbocycles. The number of nitrogens with zero attached hydrogens (tertiary/aromatic N) is 4. The molecule has 2 saturated heterocycles. The molecular formula is C24H31FN4. The minimum absolute atomic E-state index is 0.167. The molecule has 5 heteroatoms. The summed E-state index contributed by atoms with van der Waals surface area (Å²) < 4.78 is 14.6. The van der Waals surface area contributed by atoms with E-state index in [1.807, 2.05) is 31.3 Å². The fraction of sp³-hybridized carbons (Fsp3) is 0.542. The minimum Gasteiger partial charge on any atom is -0.354 e. The van der Waals surface area contributed by atoms with Crippen LogP contribution in [-0.4, -0.2) is 67.1 Å². The number of anilines is 1. The average molecular weight is 395 g/mol. The summed E-state index contributed by atoms with van der Waals surface area (Å²) in [7, 11) is 2.24. The highest BCUT2D eigenvalue weighted by Crippen LogP contribution is 2.46. The molecule has 1 spiro atoms. The van der Waals surface area contributed by atoms with Crippen LogP contribution in [0, 0.1) is 18.2 Å². The second-order valence-corrected chi connectivity index (χ2v) is 9.40. The summed E-state index contributed by atoms with van der Waals surface area (Å²) in [5.41, 5.74) is 3.16. The first-order valence-corrected chi connectivity index (χ1v) is 10.9. The molecular weight excluding hydrogens is 363 g/mol. The van der Waals surface area contributed by atoms with E-state index in [1.54, 1.807) is 12.1 Å². The van der Waals surface area contributed by atoms with Crippen LogP contribution in [0.1, 0.15) is 24.8 Å². The van der Waals surface area contributed by atoms with Gasteiger partial charge < -0.3 is 9.80 Å². The fourth-order valence-corrected chi connectivity index (χ4v) is 5.99. The maximum absolute atomic E-state index is 14.6. The van der Waals surface area contributed by atoms with Crippen molar-refractivity contribution in [1.82, 2.24) is 14.8 Å². The van der Waals surface area contributed by atoms with Crippen LogP contribution >= 0.6 is 0 Å². The van der Waals surface area contributed by atoms with E-state index in [1.165, 1.54) is 32.4 Å². The molecule has 1 atom stereocenters. The van der Waals surface area contributed by atoms with Gasteiger partial charge in [0.1, 0.15) is 11.6 Å². The molecule has 4 nitrogen and oxygen atoms in total. The maximum atomic E-state index is 14.6. The molecule has 2 aromatic rings. The van der Waals surface area contributed by atoms with Gasteiger partial charge in [0.2, 0.25) is 0 Å². The van der Waals surface area contributed by atoms with E-state index >= 15 is 0 Å². The fourth-order valence-electron chi connectivity index (χ4n) is 5.99. The van der Waals surface area contributed by atoms with Gasteiger partial charge in [-0.25, -0.2) is 9.37 Å². The predicted molar refractivity (Wildman–Crippen MR) is 116 cm³/mol. The van der Waals surface area contributed by atoms with Crippen LogP contribution in [0.2, 0.25) is 0 Å². The highest BCUT2D eigenvalue weighted by atomic mass is 19.1. The van der Waals surface area contributed by atoms with E-state index in [0.29, 0.717) is 11.0 Å². The number of hydrogen-bond acceptors (Lipinski definition) is 4. The minimum atomic E-state index is -0.167. The standard InChI is InChI=1S/C24H31FN4/c1-18-5-3-7-21(25)22(18)20-6-4-10-26-23(20)29-13-11-28(12-14-29)19-8-9-24(15-19)16-27(2)17-24/h3-7,10,19H,8-9,11-17H2,1-2H3. The summed E-state index contributed by atoms with van der Waals surface area (Å²) in [5.74, 6) is 0.753. The van der Waals surface area contributed by atoms with Gasteiger partial charge in [0.05, 0.1) is 0 Å². The quantitative estimate of drug-likeness (QED) is 0.790. The van der Waals surface area contributed by atoms with Crippen LogP contribution in [0.4, 0.5) is 10.2 Å². The van der Waals surface area contributed by atoms with Gasteiger partial charge in [0, 0.05) is 62.6 Å². The lowest BCUT2D eigenvalue weighted by Crippen LogP contribution is -2.54. The van der Waals surface area contributed by atoms with Crippen molar-refractivity contribution in [3.05, 3.63) is 47.9 Å². The molecule has 1 unspecified atom stereocenters. The van der Waals surface area contributed by atoms with Crippen LogP contribution in [0.25, 0.3) is 11.1 Å². The number of likely N-dealkylation sites (tertiary alicyclic amines) is 1. The highest BCUT2D eigenvalue weighted by molar-refractivity contribution is 5.78. The first-order valence-electron chi connectivity index (χ1n) is 10.9. The topological polar surface area (TPSA) is 22.6 Å². The normalized spacial score (nSPS) is 24.8. The van der Waals surface area contributed by atoms with Gasteiger partial charge in [-0.2, -0.15) is 0 Å². The number of benzene rings is 1. The zero-order valence-electron chi connectivity index (χ0n) is 17.6. The van der Waals surface area contributed by atoms with Crippen LogP contribution in [0.15, 0.2) is 36.5 Å². The molecule has 0 N–H and O–H groups in total. The van der Waals surface area contributed by atoms with E-state index in [9.17, 15) is 4.39 Å². The lowest BCUT2D eigenvalue weighted by atomic mass is 9.78. The molecule has 1 aromatic heterocycles. The number of hydrogen-bond donors (Lipinski definition) is 0. The largest absolute Gasteiger partial charge is 0.354 e. The summed E-state index contributed by atoms with van der Waals surface area (Å²) in [4.78, 5) is 12.2. The summed E-state index contributed by atoms with van der Waals surface area (Å²) in [6.07, 6.45) is 5.92. The first-order chi connectivity index (χ1) is 14.0.